The lowest BCUT2D eigenvalue weighted by Crippen LogP contribution is -2.37. The molecule has 0 unspecified atom stereocenters. The third-order valence-electron chi connectivity index (χ3n) is 3.76. The van der Waals surface area contributed by atoms with Crippen molar-refractivity contribution >= 4 is 5.91 Å². The molecule has 0 aliphatic carbocycles. The standard InChI is InChI=1S/C17H23N3O4/c1-19-15(13-18-17(19)23)16(22)20(9-11-24-12-10-21)8-7-14-5-3-2-4-6-14/h2-6,13,21H,7-12H2,1H3,(H,18,23). The maximum Gasteiger partial charge on any atom is 0.325 e. The van der Waals surface area contributed by atoms with E-state index in [1.807, 2.05) is 30.3 Å². The van der Waals surface area contributed by atoms with E-state index in [0.29, 0.717) is 31.8 Å². The molecule has 2 N–H and O–H groups in total. The quantitative estimate of drug-likeness (QED) is 0.651. The van der Waals surface area contributed by atoms with Crippen molar-refractivity contribution in [2.24, 2.45) is 7.05 Å². The highest BCUT2D eigenvalue weighted by Gasteiger charge is 2.19. The molecule has 0 aliphatic rings. The first-order valence-electron chi connectivity index (χ1n) is 7.89. The van der Waals surface area contributed by atoms with Crippen LogP contribution in [0, 0.1) is 0 Å². The Labute approximate surface area is 140 Å². The van der Waals surface area contributed by atoms with Gasteiger partial charge in [0.1, 0.15) is 5.69 Å². The number of nitrogens with zero attached hydrogens (tertiary/aromatic N) is 2. The number of imidazole rings is 1. The summed E-state index contributed by atoms with van der Waals surface area (Å²) in [5.74, 6) is -0.223. The summed E-state index contributed by atoms with van der Waals surface area (Å²) >= 11 is 0. The number of amides is 1. The first kappa shape index (κ1) is 18.0. The molecule has 130 valence electrons. The Bertz CT molecular complexity index is 693. The Morgan fingerprint density at radius 1 is 1.25 bits per heavy atom. The van der Waals surface area contributed by atoms with Crippen LogP contribution in [0.25, 0.3) is 0 Å². The van der Waals surface area contributed by atoms with Crippen LogP contribution in [0.5, 0.6) is 0 Å². The van der Waals surface area contributed by atoms with Gasteiger partial charge in [0, 0.05) is 26.3 Å². The summed E-state index contributed by atoms with van der Waals surface area (Å²) in [5.41, 5.74) is 1.13. The van der Waals surface area contributed by atoms with Crippen molar-refractivity contribution in [3.8, 4) is 0 Å². The predicted molar refractivity (Wildman–Crippen MR) is 90.0 cm³/mol. The second-order valence-electron chi connectivity index (χ2n) is 5.40. The smallest absolute Gasteiger partial charge is 0.325 e. The maximum atomic E-state index is 12.7. The molecule has 0 fully saturated rings. The van der Waals surface area contributed by atoms with E-state index in [0.717, 1.165) is 5.56 Å². The number of aliphatic hydroxyl groups is 1. The van der Waals surface area contributed by atoms with E-state index in [1.54, 1.807) is 11.9 Å². The highest BCUT2D eigenvalue weighted by molar-refractivity contribution is 5.92. The molecule has 0 aliphatic heterocycles. The van der Waals surface area contributed by atoms with Gasteiger partial charge in [0.2, 0.25) is 0 Å². The summed E-state index contributed by atoms with van der Waals surface area (Å²) in [6.45, 7) is 1.43. The SMILES string of the molecule is Cn1c(C(=O)N(CCOCCO)CCc2ccccc2)c[nH]c1=O. The van der Waals surface area contributed by atoms with Crippen molar-refractivity contribution in [2.45, 2.75) is 6.42 Å². The van der Waals surface area contributed by atoms with Crippen molar-refractivity contribution in [3.05, 3.63) is 58.3 Å². The van der Waals surface area contributed by atoms with Gasteiger partial charge < -0.3 is 19.7 Å². The second-order valence-corrected chi connectivity index (χ2v) is 5.40. The molecule has 7 heteroatoms. The van der Waals surface area contributed by atoms with Crippen LogP contribution < -0.4 is 5.69 Å². The van der Waals surface area contributed by atoms with Crippen molar-refractivity contribution in [2.75, 3.05) is 32.9 Å². The molecule has 0 spiro atoms. The molecule has 0 radical (unpaired) electrons. The van der Waals surface area contributed by atoms with E-state index in [4.69, 9.17) is 9.84 Å². The molecule has 0 atom stereocenters. The van der Waals surface area contributed by atoms with Crippen LogP contribution in [0.3, 0.4) is 0 Å². The van der Waals surface area contributed by atoms with E-state index < -0.39 is 0 Å². The van der Waals surface area contributed by atoms with Crippen LogP contribution >= 0.6 is 0 Å². The minimum absolute atomic E-state index is 0.0513. The molecule has 2 rings (SSSR count). The molecule has 1 aromatic carbocycles. The molecule has 7 nitrogen and oxygen atoms in total. The number of aromatic amines is 1. The van der Waals surface area contributed by atoms with E-state index in [2.05, 4.69) is 4.98 Å². The molecule has 24 heavy (non-hydrogen) atoms. The zero-order valence-electron chi connectivity index (χ0n) is 13.8. The monoisotopic (exact) mass is 333 g/mol. The fourth-order valence-corrected chi connectivity index (χ4v) is 2.37. The van der Waals surface area contributed by atoms with Gasteiger partial charge >= 0.3 is 5.69 Å². The number of carbonyl (C=O) groups excluding carboxylic acids is 1. The lowest BCUT2D eigenvalue weighted by molar-refractivity contribution is 0.0563. The number of nitrogens with one attached hydrogen (secondary N) is 1. The summed E-state index contributed by atoms with van der Waals surface area (Å²) in [6, 6.07) is 9.89. The lowest BCUT2D eigenvalue weighted by atomic mass is 10.1. The molecule has 0 saturated carbocycles. The van der Waals surface area contributed by atoms with Gasteiger partial charge in [0.05, 0.1) is 19.8 Å². The lowest BCUT2D eigenvalue weighted by Gasteiger charge is -2.22. The number of aromatic nitrogens is 2. The molecular weight excluding hydrogens is 310 g/mol. The Morgan fingerprint density at radius 2 is 2.00 bits per heavy atom. The second kappa shape index (κ2) is 9.05. The molecule has 0 saturated heterocycles. The van der Waals surface area contributed by atoms with E-state index in [-0.39, 0.29) is 24.8 Å². The number of H-pyrrole nitrogens is 1. The molecule has 2 aromatic rings. The predicted octanol–water partition coefficient (Wildman–Crippen LogP) is 0.407. The molecule has 1 amide bonds. The Hall–Kier alpha value is -2.38. The molecular formula is C17H23N3O4. The number of carbonyl (C=O) groups is 1. The average Bonchev–Trinajstić information content (AvgIpc) is 2.94. The van der Waals surface area contributed by atoms with Crippen molar-refractivity contribution < 1.29 is 14.6 Å². The number of ether oxygens (including phenoxy) is 1. The van der Waals surface area contributed by atoms with Crippen molar-refractivity contribution in [3.63, 3.8) is 0 Å². The van der Waals surface area contributed by atoms with Crippen molar-refractivity contribution in [1.29, 1.82) is 0 Å². The van der Waals surface area contributed by atoms with Gasteiger partial charge in [0.25, 0.3) is 5.91 Å². The minimum Gasteiger partial charge on any atom is -0.394 e. The fourth-order valence-electron chi connectivity index (χ4n) is 2.37. The summed E-state index contributed by atoms with van der Waals surface area (Å²) in [6.07, 6.45) is 2.14. The van der Waals surface area contributed by atoms with Crippen LogP contribution in [-0.2, 0) is 18.2 Å². The largest absolute Gasteiger partial charge is 0.394 e. The zero-order chi connectivity index (χ0) is 17.4. The third-order valence-corrected chi connectivity index (χ3v) is 3.76. The molecule has 1 aromatic heterocycles. The van der Waals surface area contributed by atoms with Gasteiger partial charge in [-0.2, -0.15) is 0 Å². The van der Waals surface area contributed by atoms with Gasteiger partial charge in [-0.3, -0.25) is 9.36 Å². The van der Waals surface area contributed by atoms with E-state index in [1.165, 1.54) is 10.8 Å². The van der Waals surface area contributed by atoms with Gasteiger partial charge in [-0.25, -0.2) is 4.79 Å². The highest BCUT2D eigenvalue weighted by Crippen LogP contribution is 2.06. The molecule has 1 heterocycles. The van der Waals surface area contributed by atoms with Crippen LogP contribution in [0.4, 0.5) is 0 Å². The van der Waals surface area contributed by atoms with Crippen LogP contribution in [0.2, 0.25) is 0 Å². The van der Waals surface area contributed by atoms with Gasteiger partial charge in [-0.15, -0.1) is 0 Å². The van der Waals surface area contributed by atoms with Gasteiger partial charge in [-0.1, -0.05) is 30.3 Å². The number of aliphatic hydroxyl groups excluding tert-OH is 1. The minimum atomic E-state index is -0.321. The third kappa shape index (κ3) is 4.81. The maximum absolute atomic E-state index is 12.7. The summed E-state index contributed by atoms with van der Waals surface area (Å²) < 4.78 is 6.56. The van der Waals surface area contributed by atoms with Crippen LogP contribution in [0.1, 0.15) is 16.1 Å². The molecule has 0 bridgehead atoms. The summed E-state index contributed by atoms with van der Waals surface area (Å²) in [7, 11) is 1.56. The number of hydrogen-bond donors (Lipinski definition) is 2. The highest BCUT2D eigenvalue weighted by atomic mass is 16.5. The zero-order valence-corrected chi connectivity index (χ0v) is 13.8. The van der Waals surface area contributed by atoms with Crippen molar-refractivity contribution in [1.82, 2.24) is 14.5 Å². The van der Waals surface area contributed by atoms with Crippen LogP contribution in [0.15, 0.2) is 41.3 Å². The first-order valence-corrected chi connectivity index (χ1v) is 7.89. The van der Waals surface area contributed by atoms with Gasteiger partial charge in [-0.05, 0) is 12.0 Å². The average molecular weight is 333 g/mol. The Morgan fingerprint density at radius 3 is 2.62 bits per heavy atom. The van der Waals surface area contributed by atoms with E-state index in [9.17, 15) is 9.59 Å². The van der Waals surface area contributed by atoms with E-state index >= 15 is 0 Å². The first-order chi connectivity index (χ1) is 11.6. The van der Waals surface area contributed by atoms with Gasteiger partial charge in [0.15, 0.2) is 0 Å². The number of hydrogen-bond acceptors (Lipinski definition) is 4. The fraction of sp³-hybridized carbons (Fsp3) is 0.412. The summed E-state index contributed by atoms with van der Waals surface area (Å²) in [5, 5.41) is 8.76. The number of rotatable bonds is 9. The Kier molecular flexibility index (Phi) is 6.77. The topological polar surface area (TPSA) is 87.6 Å². The summed E-state index contributed by atoms with van der Waals surface area (Å²) in [4.78, 5) is 28.4. The normalized spacial score (nSPS) is 10.8. The number of benzene rings is 1. The Balaban J connectivity index is 2.05. The van der Waals surface area contributed by atoms with Crippen LogP contribution in [-0.4, -0.2) is 58.4 Å².